The van der Waals surface area contributed by atoms with E-state index in [1.165, 1.54) is 6.26 Å². The number of nitrogens with zero attached hydrogens (tertiary/aromatic N) is 1. The van der Waals surface area contributed by atoms with Gasteiger partial charge in [0.15, 0.2) is 0 Å². The monoisotopic (exact) mass is 259 g/mol. The van der Waals surface area contributed by atoms with Gasteiger partial charge in [-0.05, 0) is 12.5 Å². The summed E-state index contributed by atoms with van der Waals surface area (Å²) in [5.41, 5.74) is 1.07. The van der Waals surface area contributed by atoms with Crippen molar-refractivity contribution in [2.24, 2.45) is 0 Å². The Bertz CT molecular complexity index is 499. The molecule has 1 aliphatic carbocycles. The Hall–Kier alpha value is -2.10. The average Bonchev–Trinajstić information content (AvgIpc) is 3.04. The summed E-state index contributed by atoms with van der Waals surface area (Å²) < 4.78 is 5.25. The molecule has 0 saturated carbocycles. The molecule has 1 amide bonds. The molecule has 0 fully saturated rings. The molecule has 0 N–H and O–H groups in total. The highest BCUT2D eigenvalue weighted by molar-refractivity contribution is 5.92. The van der Waals surface area contributed by atoms with E-state index in [-0.39, 0.29) is 11.7 Å². The fraction of sp³-hybridized carbons (Fsp3) is 0.333. The first-order chi connectivity index (χ1) is 9.20. The van der Waals surface area contributed by atoms with E-state index in [9.17, 15) is 9.59 Å². The van der Waals surface area contributed by atoms with Crippen LogP contribution in [0.15, 0.2) is 47.1 Å². The van der Waals surface area contributed by atoms with Gasteiger partial charge in [0.25, 0.3) is 0 Å². The van der Waals surface area contributed by atoms with Crippen LogP contribution in [0.4, 0.5) is 5.88 Å². The molecule has 0 aromatic carbocycles. The topological polar surface area (TPSA) is 50.5 Å². The number of hydrogen-bond donors (Lipinski definition) is 0. The molecule has 0 spiro atoms. The summed E-state index contributed by atoms with van der Waals surface area (Å²) in [5.74, 6) is 0.743. The lowest BCUT2D eigenvalue weighted by atomic mass is 10.1. The second-order valence-corrected chi connectivity index (χ2v) is 4.53. The number of Topliss-reactive ketones (excluding diaryl/α,β-unsaturated/α-hetero) is 1. The Morgan fingerprint density at radius 1 is 1.53 bits per heavy atom. The molecule has 2 rings (SSSR count). The zero-order chi connectivity index (χ0) is 13.7. The van der Waals surface area contributed by atoms with Crippen molar-refractivity contribution in [1.29, 1.82) is 0 Å². The second-order valence-electron chi connectivity index (χ2n) is 4.53. The van der Waals surface area contributed by atoms with E-state index in [2.05, 4.69) is 6.58 Å². The number of allylic oxidation sites excluding steroid dienone is 2. The molecule has 0 aliphatic heterocycles. The van der Waals surface area contributed by atoms with Crippen LogP contribution in [-0.4, -0.2) is 18.2 Å². The summed E-state index contributed by atoms with van der Waals surface area (Å²) in [6, 6.07) is 3.50. The minimum absolute atomic E-state index is 0.0184. The fourth-order valence-electron chi connectivity index (χ4n) is 2.12. The third kappa shape index (κ3) is 3.44. The van der Waals surface area contributed by atoms with Gasteiger partial charge >= 0.3 is 0 Å². The molecular formula is C15H17NO3. The Labute approximate surface area is 112 Å². The summed E-state index contributed by atoms with van der Waals surface area (Å²) in [7, 11) is 0. The first kappa shape index (κ1) is 13.3. The standard InChI is InChI=1S/C15H17NO3/c1-2-9-16(15-4-3-10-19-15)14(18)8-6-12-5-7-13(17)11-12/h2-5,10H,1,6-9,11H2. The van der Waals surface area contributed by atoms with Crippen LogP contribution in [0.2, 0.25) is 0 Å². The highest BCUT2D eigenvalue weighted by Gasteiger charge is 2.19. The number of furan rings is 1. The molecule has 0 unspecified atom stereocenters. The van der Waals surface area contributed by atoms with E-state index in [0.717, 1.165) is 5.57 Å². The molecule has 1 aromatic rings. The van der Waals surface area contributed by atoms with Gasteiger partial charge in [0.05, 0.1) is 6.26 Å². The van der Waals surface area contributed by atoms with Gasteiger partial charge < -0.3 is 4.42 Å². The van der Waals surface area contributed by atoms with Crippen molar-refractivity contribution in [2.45, 2.75) is 25.7 Å². The smallest absolute Gasteiger partial charge is 0.229 e. The number of carbonyl (C=O) groups excluding carboxylic acids is 2. The Morgan fingerprint density at radius 3 is 2.95 bits per heavy atom. The van der Waals surface area contributed by atoms with Crippen LogP contribution < -0.4 is 4.90 Å². The minimum atomic E-state index is -0.0184. The Balaban J connectivity index is 1.93. The lowest BCUT2D eigenvalue weighted by Crippen LogP contribution is -2.30. The lowest BCUT2D eigenvalue weighted by molar-refractivity contribution is -0.119. The van der Waals surface area contributed by atoms with E-state index in [1.54, 1.807) is 23.1 Å². The minimum Gasteiger partial charge on any atom is -0.448 e. The van der Waals surface area contributed by atoms with Crippen LogP contribution in [0.1, 0.15) is 25.7 Å². The summed E-state index contributed by atoms with van der Waals surface area (Å²) in [6.45, 7) is 4.07. The molecule has 1 heterocycles. The summed E-state index contributed by atoms with van der Waals surface area (Å²) in [5, 5.41) is 0. The number of ketones is 1. The van der Waals surface area contributed by atoms with Crippen molar-refractivity contribution in [1.82, 2.24) is 0 Å². The largest absolute Gasteiger partial charge is 0.448 e. The third-order valence-electron chi connectivity index (χ3n) is 3.09. The number of amides is 1. The quantitative estimate of drug-likeness (QED) is 0.738. The molecule has 0 bridgehead atoms. The zero-order valence-electron chi connectivity index (χ0n) is 10.8. The van der Waals surface area contributed by atoms with Crippen LogP contribution in [0.5, 0.6) is 0 Å². The van der Waals surface area contributed by atoms with Crippen molar-refractivity contribution in [2.75, 3.05) is 11.4 Å². The molecule has 0 saturated heterocycles. The van der Waals surface area contributed by atoms with Crippen molar-refractivity contribution in [3.8, 4) is 0 Å². The van der Waals surface area contributed by atoms with E-state index in [0.29, 0.717) is 38.1 Å². The van der Waals surface area contributed by atoms with Crippen molar-refractivity contribution in [3.63, 3.8) is 0 Å². The van der Waals surface area contributed by atoms with Gasteiger partial charge in [-0.3, -0.25) is 14.5 Å². The maximum absolute atomic E-state index is 12.2. The van der Waals surface area contributed by atoms with Crippen LogP contribution in [-0.2, 0) is 9.59 Å². The zero-order valence-corrected chi connectivity index (χ0v) is 10.8. The highest BCUT2D eigenvalue weighted by atomic mass is 16.3. The van der Waals surface area contributed by atoms with E-state index < -0.39 is 0 Å². The molecule has 4 nitrogen and oxygen atoms in total. The first-order valence-electron chi connectivity index (χ1n) is 6.35. The van der Waals surface area contributed by atoms with Gasteiger partial charge in [0.1, 0.15) is 5.78 Å². The van der Waals surface area contributed by atoms with Crippen LogP contribution in [0.3, 0.4) is 0 Å². The average molecular weight is 259 g/mol. The SMILES string of the molecule is C=CCN(C(=O)CCC1=CCC(=O)C1)c1ccco1. The predicted molar refractivity (Wildman–Crippen MR) is 72.8 cm³/mol. The fourth-order valence-corrected chi connectivity index (χ4v) is 2.12. The normalized spacial score (nSPS) is 14.3. The van der Waals surface area contributed by atoms with Crippen LogP contribution in [0, 0.1) is 0 Å². The maximum Gasteiger partial charge on any atom is 0.229 e. The van der Waals surface area contributed by atoms with Crippen LogP contribution in [0.25, 0.3) is 0 Å². The van der Waals surface area contributed by atoms with Crippen LogP contribution >= 0.6 is 0 Å². The second kappa shape index (κ2) is 6.18. The number of carbonyl (C=O) groups is 2. The number of rotatable bonds is 6. The van der Waals surface area contributed by atoms with Gasteiger partial charge in [-0.15, -0.1) is 6.58 Å². The Morgan fingerprint density at radius 2 is 2.37 bits per heavy atom. The van der Waals surface area contributed by atoms with Crippen molar-refractivity contribution in [3.05, 3.63) is 42.7 Å². The van der Waals surface area contributed by atoms with Crippen molar-refractivity contribution < 1.29 is 14.0 Å². The van der Waals surface area contributed by atoms with Crippen molar-refractivity contribution >= 4 is 17.6 Å². The van der Waals surface area contributed by atoms with Gasteiger partial charge in [-0.25, -0.2) is 0 Å². The van der Waals surface area contributed by atoms with Gasteiger partial charge in [0, 0.05) is 31.9 Å². The molecule has 4 heteroatoms. The number of anilines is 1. The molecule has 100 valence electrons. The molecule has 0 radical (unpaired) electrons. The predicted octanol–water partition coefficient (Wildman–Crippen LogP) is 2.87. The lowest BCUT2D eigenvalue weighted by Gasteiger charge is -2.18. The molecule has 0 atom stereocenters. The van der Waals surface area contributed by atoms with E-state index in [4.69, 9.17) is 4.42 Å². The highest BCUT2D eigenvalue weighted by Crippen LogP contribution is 2.21. The van der Waals surface area contributed by atoms with Gasteiger partial charge in [-0.1, -0.05) is 17.7 Å². The third-order valence-corrected chi connectivity index (χ3v) is 3.09. The van der Waals surface area contributed by atoms with E-state index >= 15 is 0 Å². The first-order valence-corrected chi connectivity index (χ1v) is 6.35. The summed E-state index contributed by atoms with van der Waals surface area (Å²) in [4.78, 5) is 24.9. The molecule has 1 aliphatic rings. The van der Waals surface area contributed by atoms with Gasteiger partial charge in [0.2, 0.25) is 11.8 Å². The molecular weight excluding hydrogens is 242 g/mol. The van der Waals surface area contributed by atoms with Gasteiger partial charge in [-0.2, -0.15) is 0 Å². The number of hydrogen-bond acceptors (Lipinski definition) is 3. The maximum atomic E-state index is 12.2. The summed E-state index contributed by atoms with van der Waals surface area (Å²) in [6.07, 6.45) is 7.16. The molecule has 1 aromatic heterocycles. The summed E-state index contributed by atoms with van der Waals surface area (Å²) >= 11 is 0. The molecule has 19 heavy (non-hydrogen) atoms. The Kier molecular flexibility index (Phi) is 4.34. The van der Waals surface area contributed by atoms with E-state index in [1.807, 2.05) is 6.08 Å².